The van der Waals surface area contributed by atoms with Crippen molar-refractivity contribution in [1.29, 1.82) is 0 Å². The molecule has 0 unspecified atom stereocenters. The zero-order valence-corrected chi connectivity index (χ0v) is 17.9. The van der Waals surface area contributed by atoms with Crippen LogP contribution >= 0.6 is 0 Å². The summed E-state index contributed by atoms with van der Waals surface area (Å²) in [6.45, 7) is 0. The van der Waals surface area contributed by atoms with Gasteiger partial charge in [-0.15, -0.1) is 0 Å². The molecule has 5 rings (SSSR count). The molecule has 0 aliphatic carbocycles. The smallest absolute Gasteiger partial charge is 0.416 e. The molecule has 174 valence electrons. The van der Waals surface area contributed by atoms with E-state index < -0.39 is 41.6 Å². The SMILES string of the molecule is COc1cccc([C@H]2[C@H]3C(=O)N(c4cccc(C(F)(F)F)c4)C(=O)[C@H]3ON2c2ccccc2)c1. The summed E-state index contributed by atoms with van der Waals surface area (Å²) in [4.78, 5) is 33.6. The van der Waals surface area contributed by atoms with E-state index >= 15 is 0 Å². The van der Waals surface area contributed by atoms with E-state index in [9.17, 15) is 22.8 Å². The Bertz CT molecular complexity index is 1250. The largest absolute Gasteiger partial charge is 0.497 e. The minimum absolute atomic E-state index is 0.140. The molecule has 0 N–H and O–H groups in total. The van der Waals surface area contributed by atoms with Crippen molar-refractivity contribution in [3.8, 4) is 5.75 Å². The molecule has 6 nitrogen and oxygen atoms in total. The van der Waals surface area contributed by atoms with E-state index in [4.69, 9.17) is 9.57 Å². The molecule has 2 saturated heterocycles. The summed E-state index contributed by atoms with van der Waals surface area (Å²) in [5, 5.41) is 1.52. The lowest BCUT2D eigenvalue weighted by molar-refractivity contribution is -0.137. The second-order valence-electron chi connectivity index (χ2n) is 7.99. The van der Waals surface area contributed by atoms with Crippen molar-refractivity contribution in [3.05, 3.63) is 90.0 Å². The summed E-state index contributed by atoms with van der Waals surface area (Å²) in [5.41, 5.74) is 0.219. The molecule has 3 aromatic carbocycles. The van der Waals surface area contributed by atoms with Crippen molar-refractivity contribution < 1.29 is 32.3 Å². The molecule has 34 heavy (non-hydrogen) atoms. The van der Waals surface area contributed by atoms with Crippen molar-refractivity contribution in [1.82, 2.24) is 0 Å². The van der Waals surface area contributed by atoms with Gasteiger partial charge in [0.25, 0.3) is 5.91 Å². The van der Waals surface area contributed by atoms with Gasteiger partial charge in [0.2, 0.25) is 5.91 Å². The lowest BCUT2D eigenvalue weighted by Crippen LogP contribution is -2.37. The number of imide groups is 1. The first-order valence-corrected chi connectivity index (χ1v) is 10.5. The van der Waals surface area contributed by atoms with Crippen LogP contribution in [0, 0.1) is 5.92 Å². The number of carbonyl (C=O) groups is 2. The van der Waals surface area contributed by atoms with Gasteiger partial charge >= 0.3 is 6.18 Å². The van der Waals surface area contributed by atoms with Gasteiger partial charge in [0, 0.05) is 0 Å². The summed E-state index contributed by atoms with van der Waals surface area (Å²) in [7, 11) is 1.52. The molecule has 2 heterocycles. The maximum absolute atomic E-state index is 13.6. The third-order valence-electron chi connectivity index (χ3n) is 5.99. The topological polar surface area (TPSA) is 59.1 Å². The molecule has 0 aromatic heterocycles. The zero-order chi connectivity index (χ0) is 24.0. The number of benzene rings is 3. The predicted octanol–water partition coefficient (Wildman–Crippen LogP) is 4.77. The molecule has 2 fully saturated rings. The Balaban J connectivity index is 1.58. The van der Waals surface area contributed by atoms with Gasteiger partial charge in [-0.2, -0.15) is 13.2 Å². The third-order valence-corrected chi connectivity index (χ3v) is 5.99. The fourth-order valence-corrected chi connectivity index (χ4v) is 4.45. The first kappa shape index (κ1) is 22.0. The second-order valence-corrected chi connectivity index (χ2v) is 7.99. The summed E-state index contributed by atoms with van der Waals surface area (Å²) in [6, 6.07) is 19.5. The molecule has 2 aliphatic heterocycles. The van der Waals surface area contributed by atoms with Gasteiger partial charge in [-0.05, 0) is 48.0 Å². The highest BCUT2D eigenvalue weighted by molar-refractivity contribution is 6.24. The number of hydrogen-bond donors (Lipinski definition) is 0. The lowest BCUT2D eigenvalue weighted by Gasteiger charge is -2.29. The molecule has 3 atom stereocenters. The number of para-hydroxylation sites is 1. The standard InChI is InChI=1S/C25H19F3N2O4/c1-33-19-12-5-7-15(13-19)21-20-22(34-30(21)17-9-3-2-4-10-17)24(32)29(23(20)31)18-11-6-8-16(14-18)25(26,27)28/h2-14,20-22H,1H3/t20-,21+,22+/m1/s1. The molecule has 0 radical (unpaired) electrons. The van der Waals surface area contributed by atoms with Gasteiger partial charge in [0.15, 0.2) is 6.10 Å². The Morgan fingerprint density at radius 3 is 2.26 bits per heavy atom. The van der Waals surface area contributed by atoms with Crippen LogP contribution < -0.4 is 14.7 Å². The highest BCUT2D eigenvalue weighted by atomic mass is 19.4. The normalized spacial score (nSPS) is 22.3. The van der Waals surface area contributed by atoms with E-state index in [1.165, 1.54) is 24.3 Å². The average Bonchev–Trinajstić information content (AvgIpc) is 3.35. The van der Waals surface area contributed by atoms with Crippen molar-refractivity contribution >= 4 is 23.2 Å². The Kier molecular flexibility index (Phi) is 5.28. The van der Waals surface area contributed by atoms with E-state index in [1.807, 2.05) is 6.07 Å². The van der Waals surface area contributed by atoms with Gasteiger partial charge in [0.05, 0.1) is 30.1 Å². The number of hydrogen-bond acceptors (Lipinski definition) is 5. The maximum Gasteiger partial charge on any atom is 0.416 e. The van der Waals surface area contributed by atoms with Crippen LogP contribution in [-0.4, -0.2) is 25.0 Å². The molecular weight excluding hydrogens is 449 g/mol. The van der Waals surface area contributed by atoms with Gasteiger partial charge in [-0.3, -0.25) is 14.4 Å². The van der Waals surface area contributed by atoms with Crippen molar-refractivity contribution in [2.24, 2.45) is 5.92 Å². The third kappa shape index (κ3) is 3.58. The first-order chi connectivity index (χ1) is 16.3. The van der Waals surface area contributed by atoms with E-state index in [2.05, 4.69) is 0 Å². The Hall–Kier alpha value is -3.85. The molecule has 0 spiro atoms. The molecule has 0 saturated carbocycles. The molecule has 2 aliphatic rings. The van der Waals surface area contributed by atoms with Gasteiger partial charge < -0.3 is 4.74 Å². The van der Waals surface area contributed by atoms with Gasteiger partial charge in [-0.1, -0.05) is 36.4 Å². The van der Waals surface area contributed by atoms with Crippen LogP contribution in [0.5, 0.6) is 5.75 Å². The minimum atomic E-state index is -4.61. The van der Waals surface area contributed by atoms with Crippen LogP contribution in [0.2, 0.25) is 0 Å². The Morgan fingerprint density at radius 1 is 0.853 bits per heavy atom. The summed E-state index contributed by atoms with van der Waals surface area (Å²) in [5.74, 6) is -1.74. The van der Waals surface area contributed by atoms with E-state index in [0.29, 0.717) is 17.0 Å². The van der Waals surface area contributed by atoms with Crippen molar-refractivity contribution in [2.45, 2.75) is 18.3 Å². The highest BCUT2D eigenvalue weighted by Crippen LogP contribution is 2.48. The summed E-state index contributed by atoms with van der Waals surface area (Å²) < 4.78 is 45.0. The van der Waals surface area contributed by atoms with Crippen LogP contribution in [0.3, 0.4) is 0 Å². The number of fused-ring (bicyclic) bond motifs is 1. The second kappa shape index (κ2) is 8.18. The number of halogens is 3. The van der Waals surface area contributed by atoms with Crippen molar-refractivity contribution in [3.63, 3.8) is 0 Å². The highest BCUT2D eigenvalue weighted by Gasteiger charge is 2.60. The number of nitrogens with zero attached hydrogens (tertiary/aromatic N) is 2. The zero-order valence-electron chi connectivity index (χ0n) is 17.9. The molecule has 9 heteroatoms. The maximum atomic E-state index is 13.6. The number of anilines is 2. The van der Waals surface area contributed by atoms with Crippen LogP contribution in [-0.2, 0) is 20.6 Å². The van der Waals surface area contributed by atoms with E-state index in [1.54, 1.807) is 48.5 Å². The van der Waals surface area contributed by atoms with E-state index in [0.717, 1.165) is 17.0 Å². The number of alkyl halides is 3. The van der Waals surface area contributed by atoms with Crippen LogP contribution in [0.4, 0.5) is 24.5 Å². The van der Waals surface area contributed by atoms with E-state index in [-0.39, 0.29) is 5.69 Å². The van der Waals surface area contributed by atoms with Gasteiger partial charge in [-0.25, -0.2) is 9.96 Å². The fraction of sp³-hybridized carbons (Fsp3) is 0.200. The molecular formula is C25H19F3N2O4. The van der Waals surface area contributed by atoms with Crippen LogP contribution in [0.25, 0.3) is 0 Å². The number of rotatable bonds is 4. The number of amides is 2. The number of ether oxygens (including phenoxy) is 1. The van der Waals surface area contributed by atoms with Crippen LogP contribution in [0.1, 0.15) is 17.2 Å². The molecule has 3 aromatic rings. The van der Waals surface area contributed by atoms with Crippen LogP contribution in [0.15, 0.2) is 78.9 Å². The predicted molar refractivity (Wildman–Crippen MR) is 117 cm³/mol. The number of methoxy groups -OCH3 is 1. The van der Waals surface area contributed by atoms with Crippen molar-refractivity contribution in [2.75, 3.05) is 17.1 Å². The fourth-order valence-electron chi connectivity index (χ4n) is 4.45. The molecule has 2 amide bonds. The quantitative estimate of drug-likeness (QED) is 0.517. The summed E-state index contributed by atoms with van der Waals surface area (Å²) in [6.07, 6.45) is -5.79. The van der Waals surface area contributed by atoms with Gasteiger partial charge in [0.1, 0.15) is 11.7 Å². The lowest BCUT2D eigenvalue weighted by atomic mass is 9.90. The molecule has 0 bridgehead atoms. The number of carbonyl (C=O) groups excluding carboxylic acids is 2. The average molecular weight is 468 g/mol. The Morgan fingerprint density at radius 2 is 1.56 bits per heavy atom. The minimum Gasteiger partial charge on any atom is -0.497 e. The number of hydroxylamine groups is 1. The first-order valence-electron chi connectivity index (χ1n) is 10.5. The summed E-state index contributed by atoms with van der Waals surface area (Å²) >= 11 is 0. The monoisotopic (exact) mass is 468 g/mol. The Labute approximate surface area is 193 Å².